The molecule has 2 aromatic carbocycles. The number of fused-ring (bicyclic) bond motifs is 1. The average molecular weight is 479 g/mol. The zero-order valence-corrected chi connectivity index (χ0v) is 19.4. The Morgan fingerprint density at radius 3 is 2.67 bits per heavy atom. The van der Waals surface area contributed by atoms with E-state index in [1.165, 1.54) is 0 Å². The zero-order valence-electron chi connectivity index (χ0n) is 19.4. The van der Waals surface area contributed by atoms with Crippen molar-refractivity contribution in [3.63, 3.8) is 0 Å². The van der Waals surface area contributed by atoms with E-state index in [4.69, 9.17) is 4.42 Å². The first-order valence-electron chi connectivity index (χ1n) is 11.3. The molecule has 0 fully saturated rings. The Hall–Kier alpha value is -5.12. The highest BCUT2D eigenvalue weighted by molar-refractivity contribution is 5.90. The minimum Gasteiger partial charge on any atom is -0.467 e. The van der Waals surface area contributed by atoms with Crippen molar-refractivity contribution in [3.8, 4) is 22.6 Å². The molecule has 0 saturated heterocycles. The zero-order chi connectivity index (χ0) is 24.5. The molecular weight excluding hydrogens is 456 g/mol. The fourth-order valence-corrected chi connectivity index (χ4v) is 4.08. The van der Waals surface area contributed by atoms with Gasteiger partial charge in [0.1, 0.15) is 17.8 Å². The fraction of sp³-hybridized carbons (Fsp3) is 0.0769. The van der Waals surface area contributed by atoms with Gasteiger partial charge in [-0.05, 0) is 54.6 Å². The molecule has 4 aromatic heterocycles. The lowest BCUT2D eigenvalue weighted by Gasteiger charge is -2.13. The molecule has 4 heterocycles. The van der Waals surface area contributed by atoms with Gasteiger partial charge in [-0.1, -0.05) is 11.3 Å². The number of urea groups is 1. The van der Waals surface area contributed by atoms with Crippen LogP contribution in [0, 0.1) is 0 Å². The molecule has 178 valence electrons. The molecule has 0 unspecified atom stereocenters. The van der Waals surface area contributed by atoms with Gasteiger partial charge in [0.05, 0.1) is 35.7 Å². The third-order valence-electron chi connectivity index (χ3n) is 5.79. The van der Waals surface area contributed by atoms with Crippen LogP contribution in [0.1, 0.15) is 5.76 Å². The van der Waals surface area contributed by atoms with Crippen molar-refractivity contribution in [1.82, 2.24) is 34.4 Å². The molecule has 10 heteroatoms. The summed E-state index contributed by atoms with van der Waals surface area (Å²) in [5.74, 6) is 0.678. The summed E-state index contributed by atoms with van der Waals surface area (Å²) in [6, 6.07) is 19.1. The van der Waals surface area contributed by atoms with E-state index in [0.717, 1.165) is 33.7 Å². The van der Waals surface area contributed by atoms with Crippen molar-refractivity contribution in [2.45, 2.75) is 6.54 Å². The van der Waals surface area contributed by atoms with Gasteiger partial charge in [-0.2, -0.15) is 0 Å². The number of nitrogens with zero attached hydrogens (tertiary/aromatic N) is 6. The van der Waals surface area contributed by atoms with E-state index in [1.807, 2.05) is 89.4 Å². The summed E-state index contributed by atoms with van der Waals surface area (Å²) < 4.78 is 10.9. The van der Waals surface area contributed by atoms with E-state index in [9.17, 15) is 4.79 Å². The highest BCUT2D eigenvalue weighted by Crippen LogP contribution is 2.27. The number of carbonyl (C=O) groups excluding carboxylic acids is 1. The molecule has 0 aliphatic rings. The molecule has 0 spiro atoms. The molecule has 6 aromatic rings. The molecule has 2 amide bonds. The molecule has 0 bridgehead atoms. The lowest BCUT2D eigenvalue weighted by Crippen LogP contribution is -2.28. The normalized spacial score (nSPS) is 11.1. The van der Waals surface area contributed by atoms with E-state index >= 15 is 0 Å². The van der Waals surface area contributed by atoms with E-state index in [-0.39, 0.29) is 6.03 Å². The van der Waals surface area contributed by atoms with Crippen LogP contribution in [0.4, 0.5) is 10.5 Å². The van der Waals surface area contributed by atoms with Crippen molar-refractivity contribution < 1.29 is 9.21 Å². The van der Waals surface area contributed by atoms with Crippen LogP contribution >= 0.6 is 0 Å². The number of benzene rings is 2. The fourth-order valence-electron chi connectivity index (χ4n) is 4.08. The lowest BCUT2D eigenvalue weighted by atomic mass is 10.1. The number of nitrogens with one attached hydrogen (secondary N) is 2. The van der Waals surface area contributed by atoms with Gasteiger partial charge in [-0.25, -0.2) is 9.78 Å². The van der Waals surface area contributed by atoms with Gasteiger partial charge in [-0.3, -0.25) is 9.25 Å². The number of anilines is 1. The number of hydrogen-bond donors (Lipinski definition) is 2. The number of imidazole rings is 1. The highest BCUT2D eigenvalue weighted by atomic mass is 16.3. The van der Waals surface area contributed by atoms with Gasteiger partial charge in [-0.15, -0.1) is 5.10 Å². The minimum atomic E-state index is -0.328. The number of rotatable bonds is 6. The van der Waals surface area contributed by atoms with Crippen LogP contribution in [-0.4, -0.2) is 35.1 Å². The predicted molar refractivity (Wildman–Crippen MR) is 135 cm³/mol. The summed E-state index contributed by atoms with van der Waals surface area (Å²) >= 11 is 0. The molecule has 6 rings (SSSR count). The molecule has 0 radical (unpaired) electrons. The summed E-state index contributed by atoms with van der Waals surface area (Å²) in [6.07, 6.45) is 9.14. The Morgan fingerprint density at radius 2 is 1.89 bits per heavy atom. The van der Waals surface area contributed by atoms with E-state index in [1.54, 1.807) is 23.3 Å². The number of aryl methyl sites for hydroxylation is 1. The topological polar surface area (TPSA) is 108 Å². The molecule has 10 nitrogen and oxygen atoms in total. The first-order chi connectivity index (χ1) is 17.6. The van der Waals surface area contributed by atoms with Crippen molar-refractivity contribution in [2.24, 2.45) is 7.05 Å². The Labute approximate surface area is 205 Å². The second kappa shape index (κ2) is 8.91. The third-order valence-corrected chi connectivity index (χ3v) is 5.79. The molecule has 0 atom stereocenters. The van der Waals surface area contributed by atoms with Gasteiger partial charge in [0.15, 0.2) is 0 Å². The van der Waals surface area contributed by atoms with Crippen molar-refractivity contribution in [2.75, 3.05) is 5.32 Å². The lowest BCUT2D eigenvalue weighted by molar-refractivity contribution is 0.251. The average Bonchev–Trinajstić information content (AvgIpc) is 3.69. The Morgan fingerprint density at radius 1 is 1.03 bits per heavy atom. The predicted octanol–water partition coefficient (Wildman–Crippen LogP) is 4.53. The van der Waals surface area contributed by atoms with Gasteiger partial charge < -0.3 is 19.6 Å². The molecule has 0 aliphatic heterocycles. The maximum Gasteiger partial charge on any atom is 0.319 e. The maximum atomic E-state index is 12.6. The number of hydrogen-bond acceptors (Lipinski definition) is 5. The van der Waals surface area contributed by atoms with Crippen LogP contribution in [0.5, 0.6) is 0 Å². The second-order valence-corrected chi connectivity index (χ2v) is 8.31. The highest BCUT2D eigenvalue weighted by Gasteiger charge is 2.12. The second-order valence-electron chi connectivity index (χ2n) is 8.31. The van der Waals surface area contributed by atoms with Crippen LogP contribution in [-0.2, 0) is 13.6 Å². The molecule has 36 heavy (non-hydrogen) atoms. The van der Waals surface area contributed by atoms with E-state index in [2.05, 4.69) is 25.9 Å². The van der Waals surface area contributed by atoms with Crippen LogP contribution < -0.4 is 10.6 Å². The minimum absolute atomic E-state index is 0.295. The van der Waals surface area contributed by atoms with Crippen LogP contribution in [0.25, 0.3) is 33.7 Å². The summed E-state index contributed by atoms with van der Waals surface area (Å²) in [4.78, 5) is 17.2. The van der Waals surface area contributed by atoms with Gasteiger partial charge in [0.2, 0.25) is 0 Å². The number of amides is 2. The van der Waals surface area contributed by atoms with E-state index in [0.29, 0.717) is 18.0 Å². The smallest absolute Gasteiger partial charge is 0.319 e. The Kier molecular flexibility index (Phi) is 5.30. The van der Waals surface area contributed by atoms with Crippen molar-refractivity contribution in [1.29, 1.82) is 0 Å². The molecular formula is C26H22N8O2. The third kappa shape index (κ3) is 4.23. The summed E-state index contributed by atoms with van der Waals surface area (Å²) in [6.45, 7) is 0.295. The quantitative estimate of drug-likeness (QED) is 0.366. The summed E-state index contributed by atoms with van der Waals surface area (Å²) in [5, 5.41) is 14.0. The maximum absolute atomic E-state index is 12.6. The Bertz CT molecular complexity index is 1640. The molecule has 0 aliphatic carbocycles. The monoisotopic (exact) mass is 478 g/mol. The number of aromatic nitrogens is 6. The Balaban J connectivity index is 1.34. The van der Waals surface area contributed by atoms with Crippen LogP contribution in [0.15, 0.2) is 96.3 Å². The van der Waals surface area contributed by atoms with Crippen LogP contribution in [0.2, 0.25) is 0 Å². The molecule has 2 N–H and O–H groups in total. The largest absolute Gasteiger partial charge is 0.467 e. The van der Waals surface area contributed by atoms with Gasteiger partial charge in [0, 0.05) is 36.4 Å². The number of furan rings is 1. The molecule has 0 saturated carbocycles. The van der Waals surface area contributed by atoms with Crippen molar-refractivity contribution in [3.05, 3.63) is 97.6 Å². The first kappa shape index (κ1) is 21.4. The number of carbonyl (C=O) groups is 1. The summed E-state index contributed by atoms with van der Waals surface area (Å²) in [7, 11) is 1.84. The standard InChI is InChI=1S/C26H22N8O2/c1-32-16-24(30-31-32)18-6-7-25-23(11-18)28-17-34(25)21-13-19(12-20(14-21)33-8-2-3-9-33)29-26(35)27-15-22-5-4-10-36-22/h2-14,16-17H,15H2,1H3,(H2,27,29,35). The van der Waals surface area contributed by atoms with Crippen molar-refractivity contribution >= 4 is 22.8 Å². The van der Waals surface area contributed by atoms with Gasteiger partial charge in [0.25, 0.3) is 0 Å². The SMILES string of the molecule is Cn1cc(-c2ccc3c(c2)ncn3-c2cc(NC(=O)NCc3ccco3)cc(-n3cccc3)c2)nn1. The van der Waals surface area contributed by atoms with Gasteiger partial charge >= 0.3 is 6.03 Å². The first-order valence-corrected chi connectivity index (χ1v) is 11.3. The van der Waals surface area contributed by atoms with E-state index < -0.39 is 0 Å². The van der Waals surface area contributed by atoms with Crippen LogP contribution in [0.3, 0.4) is 0 Å². The summed E-state index contributed by atoms with van der Waals surface area (Å²) in [5.41, 5.74) is 5.89.